The molecule has 0 aromatic heterocycles. The molecular weight excluding hydrogens is 250 g/mol. The number of carbonyl (C=O) groups is 1. The van der Waals surface area contributed by atoms with E-state index < -0.39 is 0 Å². The number of anilines is 1. The van der Waals surface area contributed by atoms with Crippen molar-refractivity contribution in [3.05, 3.63) is 72.3 Å². The van der Waals surface area contributed by atoms with Crippen LogP contribution in [0.5, 0.6) is 0 Å². The average molecular weight is 267 g/mol. The Balaban J connectivity index is 1.67. The molecule has 20 heavy (non-hydrogen) atoms. The quantitative estimate of drug-likeness (QED) is 0.816. The summed E-state index contributed by atoms with van der Waals surface area (Å²) in [4.78, 5) is 11.5. The van der Waals surface area contributed by atoms with Crippen LogP contribution in [-0.4, -0.2) is 19.1 Å². The molecule has 2 aromatic rings. The number of hydrogen-bond donors (Lipinski definition) is 1. The SMILES string of the molecule is O=C(CNc1ccccc1)OC/C=C/c1ccccc1. The lowest BCUT2D eigenvalue weighted by Crippen LogP contribution is -2.16. The summed E-state index contributed by atoms with van der Waals surface area (Å²) in [5.74, 6) is -0.272. The summed E-state index contributed by atoms with van der Waals surface area (Å²) < 4.78 is 5.10. The maximum Gasteiger partial charge on any atom is 0.325 e. The molecule has 0 heterocycles. The molecule has 0 saturated heterocycles. The molecule has 2 rings (SSSR count). The molecule has 0 bridgehead atoms. The molecule has 3 heteroatoms. The Morgan fingerprint density at radius 3 is 2.35 bits per heavy atom. The molecule has 0 aliphatic carbocycles. The van der Waals surface area contributed by atoms with Crippen LogP contribution in [-0.2, 0) is 9.53 Å². The van der Waals surface area contributed by atoms with Gasteiger partial charge in [-0.2, -0.15) is 0 Å². The fourth-order valence-electron chi connectivity index (χ4n) is 1.67. The van der Waals surface area contributed by atoms with E-state index in [1.165, 1.54) is 0 Å². The van der Waals surface area contributed by atoms with E-state index in [0.717, 1.165) is 11.3 Å². The first-order chi connectivity index (χ1) is 9.84. The van der Waals surface area contributed by atoms with Gasteiger partial charge in [0.15, 0.2) is 0 Å². The summed E-state index contributed by atoms with van der Waals surface area (Å²) in [6.07, 6.45) is 3.76. The lowest BCUT2D eigenvalue weighted by atomic mass is 10.2. The Bertz CT molecular complexity index is 550. The summed E-state index contributed by atoms with van der Waals surface area (Å²) in [6.45, 7) is 0.452. The van der Waals surface area contributed by atoms with Gasteiger partial charge in [0.2, 0.25) is 0 Å². The molecule has 102 valence electrons. The predicted octanol–water partition coefficient (Wildman–Crippen LogP) is 3.36. The van der Waals surface area contributed by atoms with Crippen molar-refractivity contribution >= 4 is 17.7 Å². The molecule has 0 saturated carbocycles. The van der Waals surface area contributed by atoms with E-state index in [2.05, 4.69) is 5.32 Å². The first kappa shape index (κ1) is 13.9. The van der Waals surface area contributed by atoms with E-state index in [1.807, 2.05) is 72.8 Å². The lowest BCUT2D eigenvalue weighted by molar-refractivity contribution is -0.140. The highest BCUT2D eigenvalue weighted by molar-refractivity contribution is 5.75. The van der Waals surface area contributed by atoms with Crippen molar-refractivity contribution in [2.45, 2.75) is 0 Å². The first-order valence-corrected chi connectivity index (χ1v) is 6.51. The average Bonchev–Trinajstić information content (AvgIpc) is 2.52. The minimum Gasteiger partial charge on any atom is -0.460 e. The molecule has 0 fully saturated rings. The third kappa shape index (κ3) is 4.98. The van der Waals surface area contributed by atoms with Crippen LogP contribution in [0, 0.1) is 0 Å². The summed E-state index contributed by atoms with van der Waals surface area (Å²) in [6, 6.07) is 19.5. The topological polar surface area (TPSA) is 38.3 Å². The third-order valence-corrected chi connectivity index (χ3v) is 2.66. The molecular formula is C17H17NO2. The van der Waals surface area contributed by atoms with Crippen molar-refractivity contribution in [1.82, 2.24) is 0 Å². The van der Waals surface area contributed by atoms with Gasteiger partial charge in [0.1, 0.15) is 13.2 Å². The fraction of sp³-hybridized carbons (Fsp3) is 0.118. The van der Waals surface area contributed by atoms with Crippen LogP contribution in [0.25, 0.3) is 6.08 Å². The minimum atomic E-state index is -0.272. The van der Waals surface area contributed by atoms with Crippen LogP contribution < -0.4 is 5.32 Å². The normalized spacial score (nSPS) is 10.4. The van der Waals surface area contributed by atoms with Gasteiger partial charge in [-0.25, -0.2) is 0 Å². The maximum atomic E-state index is 11.5. The van der Waals surface area contributed by atoms with E-state index >= 15 is 0 Å². The fourth-order valence-corrected chi connectivity index (χ4v) is 1.67. The van der Waals surface area contributed by atoms with Crippen LogP contribution in [0.15, 0.2) is 66.7 Å². The highest BCUT2D eigenvalue weighted by Gasteiger charge is 2.00. The van der Waals surface area contributed by atoms with Crippen molar-refractivity contribution in [3.8, 4) is 0 Å². The van der Waals surface area contributed by atoms with E-state index in [0.29, 0.717) is 0 Å². The van der Waals surface area contributed by atoms with Crippen molar-refractivity contribution in [2.75, 3.05) is 18.5 Å². The van der Waals surface area contributed by atoms with Crippen molar-refractivity contribution in [1.29, 1.82) is 0 Å². The van der Waals surface area contributed by atoms with Gasteiger partial charge in [-0.3, -0.25) is 4.79 Å². The zero-order chi connectivity index (χ0) is 14.0. The van der Waals surface area contributed by atoms with Gasteiger partial charge in [-0.05, 0) is 23.8 Å². The van der Waals surface area contributed by atoms with Crippen LogP contribution >= 0.6 is 0 Å². The predicted molar refractivity (Wildman–Crippen MR) is 81.4 cm³/mol. The second-order valence-corrected chi connectivity index (χ2v) is 4.22. The molecule has 0 radical (unpaired) electrons. The Kier molecular flexibility index (Phi) is 5.40. The standard InChI is InChI=1S/C17H17NO2/c19-17(14-18-16-11-5-2-6-12-16)20-13-7-10-15-8-3-1-4-9-15/h1-12,18H,13-14H2/b10-7+. The van der Waals surface area contributed by atoms with Crippen LogP contribution in [0.2, 0.25) is 0 Å². The summed E-state index contributed by atoms with van der Waals surface area (Å²) in [5, 5.41) is 3.00. The van der Waals surface area contributed by atoms with Gasteiger partial charge >= 0.3 is 5.97 Å². The number of carbonyl (C=O) groups excluding carboxylic acids is 1. The van der Waals surface area contributed by atoms with Gasteiger partial charge < -0.3 is 10.1 Å². The molecule has 2 aromatic carbocycles. The van der Waals surface area contributed by atoms with Crippen LogP contribution in [0.4, 0.5) is 5.69 Å². The molecule has 1 N–H and O–H groups in total. The van der Waals surface area contributed by atoms with Crippen molar-refractivity contribution < 1.29 is 9.53 Å². The largest absolute Gasteiger partial charge is 0.460 e. The van der Waals surface area contributed by atoms with Gasteiger partial charge in [-0.1, -0.05) is 54.6 Å². The van der Waals surface area contributed by atoms with Crippen LogP contribution in [0.3, 0.4) is 0 Å². The van der Waals surface area contributed by atoms with E-state index in [4.69, 9.17) is 4.74 Å². The number of rotatable bonds is 6. The molecule has 0 atom stereocenters. The highest BCUT2D eigenvalue weighted by Crippen LogP contribution is 2.04. The molecule has 0 aliphatic heterocycles. The van der Waals surface area contributed by atoms with Gasteiger partial charge in [0.25, 0.3) is 0 Å². The van der Waals surface area contributed by atoms with E-state index in [9.17, 15) is 4.79 Å². The van der Waals surface area contributed by atoms with Crippen molar-refractivity contribution in [3.63, 3.8) is 0 Å². The summed E-state index contributed by atoms with van der Waals surface area (Å²) in [7, 11) is 0. The maximum absolute atomic E-state index is 11.5. The molecule has 3 nitrogen and oxygen atoms in total. The molecule has 0 unspecified atom stereocenters. The Hall–Kier alpha value is -2.55. The number of ether oxygens (including phenoxy) is 1. The second kappa shape index (κ2) is 7.79. The minimum absolute atomic E-state index is 0.170. The Morgan fingerprint density at radius 1 is 1.00 bits per heavy atom. The molecule has 0 spiro atoms. The number of hydrogen-bond acceptors (Lipinski definition) is 3. The lowest BCUT2D eigenvalue weighted by Gasteiger charge is -2.05. The highest BCUT2D eigenvalue weighted by atomic mass is 16.5. The zero-order valence-corrected chi connectivity index (χ0v) is 11.2. The number of benzene rings is 2. The molecule has 0 amide bonds. The van der Waals surface area contributed by atoms with E-state index in [1.54, 1.807) is 0 Å². The summed E-state index contributed by atoms with van der Waals surface area (Å²) in [5.41, 5.74) is 2.00. The summed E-state index contributed by atoms with van der Waals surface area (Å²) >= 11 is 0. The van der Waals surface area contributed by atoms with E-state index in [-0.39, 0.29) is 19.1 Å². The van der Waals surface area contributed by atoms with Crippen molar-refractivity contribution in [2.24, 2.45) is 0 Å². The number of nitrogens with one attached hydrogen (secondary N) is 1. The monoisotopic (exact) mass is 267 g/mol. The van der Waals surface area contributed by atoms with Gasteiger partial charge in [0, 0.05) is 5.69 Å². The zero-order valence-electron chi connectivity index (χ0n) is 11.2. The van der Waals surface area contributed by atoms with Gasteiger partial charge in [0.05, 0.1) is 0 Å². The number of para-hydroxylation sites is 1. The van der Waals surface area contributed by atoms with Gasteiger partial charge in [-0.15, -0.1) is 0 Å². The Labute approximate surface area is 118 Å². The Morgan fingerprint density at radius 2 is 1.65 bits per heavy atom. The second-order valence-electron chi connectivity index (χ2n) is 4.22. The smallest absolute Gasteiger partial charge is 0.325 e. The third-order valence-electron chi connectivity index (χ3n) is 2.66. The van der Waals surface area contributed by atoms with Crippen LogP contribution in [0.1, 0.15) is 5.56 Å². The number of esters is 1. The molecule has 0 aliphatic rings. The first-order valence-electron chi connectivity index (χ1n) is 6.51.